The van der Waals surface area contributed by atoms with Crippen molar-refractivity contribution >= 4 is 11.8 Å². The van der Waals surface area contributed by atoms with Crippen molar-refractivity contribution in [3.63, 3.8) is 0 Å². The number of nitrogens with zero attached hydrogens (tertiary/aromatic N) is 2. The molecule has 0 radical (unpaired) electrons. The Bertz CT molecular complexity index is 471. The third-order valence-electron chi connectivity index (χ3n) is 3.78. The van der Waals surface area contributed by atoms with Crippen molar-refractivity contribution in [3.8, 4) is 0 Å². The summed E-state index contributed by atoms with van der Waals surface area (Å²) in [6.45, 7) is 1.33. The minimum absolute atomic E-state index is 0.0498. The van der Waals surface area contributed by atoms with E-state index in [2.05, 4.69) is 4.98 Å². The smallest absolute Gasteiger partial charge is 0.354 e. The first-order chi connectivity index (χ1) is 8.11. The maximum atomic E-state index is 10.8. The molecule has 1 atom stereocenters. The van der Waals surface area contributed by atoms with Crippen LogP contribution < -0.4 is 4.90 Å². The molecule has 1 spiro atoms. The number of carboxylic acid groups (broad SMARTS) is 1. The molecule has 0 amide bonds. The summed E-state index contributed by atoms with van der Waals surface area (Å²) in [5.41, 5.74) is 0.106. The summed E-state index contributed by atoms with van der Waals surface area (Å²) in [4.78, 5) is 16.9. The van der Waals surface area contributed by atoms with Crippen LogP contribution in [0, 0.1) is 5.41 Å². The lowest BCUT2D eigenvalue weighted by atomic mass is 10.0. The first-order valence-corrected chi connectivity index (χ1v) is 5.74. The molecule has 5 heteroatoms. The SMILES string of the molecule is O=C(O)c1cccc(N2CC(O)C3(CC3)C2)n1. The Hall–Kier alpha value is -1.62. The molecule has 1 aliphatic carbocycles. The summed E-state index contributed by atoms with van der Waals surface area (Å²) in [6.07, 6.45) is 1.81. The third-order valence-corrected chi connectivity index (χ3v) is 3.78. The number of carboxylic acids is 1. The molecular formula is C12H14N2O3. The average molecular weight is 234 g/mol. The van der Waals surface area contributed by atoms with E-state index in [9.17, 15) is 9.90 Å². The molecule has 2 aliphatic rings. The van der Waals surface area contributed by atoms with Crippen LogP contribution in [0.4, 0.5) is 5.82 Å². The van der Waals surface area contributed by atoms with Crippen LogP contribution in [0.3, 0.4) is 0 Å². The fourth-order valence-electron chi connectivity index (χ4n) is 2.50. The topological polar surface area (TPSA) is 73.7 Å². The number of hydrogen-bond donors (Lipinski definition) is 2. The van der Waals surface area contributed by atoms with E-state index >= 15 is 0 Å². The second kappa shape index (κ2) is 3.43. The van der Waals surface area contributed by atoms with Crippen LogP contribution >= 0.6 is 0 Å². The standard InChI is InChI=1S/C12H14N2O3/c15-9-6-14(7-12(9)4-5-12)10-3-1-2-8(13-10)11(16)17/h1-3,9,15H,4-7H2,(H,16,17). The lowest BCUT2D eigenvalue weighted by molar-refractivity contribution is 0.0690. The number of aliphatic hydroxyl groups excluding tert-OH is 1. The van der Waals surface area contributed by atoms with Crippen molar-refractivity contribution in [2.75, 3.05) is 18.0 Å². The lowest BCUT2D eigenvalue weighted by Gasteiger charge is -2.16. The molecule has 90 valence electrons. The zero-order valence-electron chi connectivity index (χ0n) is 9.33. The highest BCUT2D eigenvalue weighted by Gasteiger charge is 2.54. The predicted molar refractivity (Wildman–Crippen MR) is 61.1 cm³/mol. The molecule has 0 aromatic carbocycles. The summed E-state index contributed by atoms with van der Waals surface area (Å²) in [5, 5.41) is 18.8. The lowest BCUT2D eigenvalue weighted by Crippen LogP contribution is -2.22. The van der Waals surface area contributed by atoms with Gasteiger partial charge in [-0.2, -0.15) is 0 Å². The summed E-state index contributed by atoms with van der Waals surface area (Å²) >= 11 is 0. The van der Waals surface area contributed by atoms with Gasteiger partial charge in [-0.15, -0.1) is 0 Å². The monoisotopic (exact) mass is 234 g/mol. The molecule has 1 aromatic heterocycles. The third kappa shape index (κ3) is 1.67. The number of aromatic carboxylic acids is 1. The van der Waals surface area contributed by atoms with Gasteiger partial charge < -0.3 is 15.1 Å². The highest BCUT2D eigenvalue weighted by atomic mass is 16.4. The highest BCUT2D eigenvalue weighted by molar-refractivity contribution is 5.85. The van der Waals surface area contributed by atoms with Crippen LogP contribution in [-0.2, 0) is 0 Å². The Labute approximate surface area is 98.7 Å². The van der Waals surface area contributed by atoms with Crippen LogP contribution in [0.15, 0.2) is 18.2 Å². The number of carbonyl (C=O) groups is 1. The number of aliphatic hydroxyl groups is 1. The van der Waals surface area contributed by atoms with Crippen LogP contribution in [0.5, 0.6) is 0 Å². The van der Waals surface area contributed by atoms with E-state index < -0.39 is 5.97 Å². The molecule has 3 rings (SSSR count). The first kappa shape index (κ1) is 10.5. The van der Waals surface area contributed by atoms with Crippen molar-refractivity contribution < 1.29 is 15.0 Å². The first-order valence-electron chi connectivity index (χ1n) is 5.74. The Morgan fingerprint density at radius 3 is 2.82 bits per heavy atom. The van der Waals surface area contributed by atoms with Crippen molar-refractivity contribution in [3.05, 3.63) is 23.9 Å². The number of hydrogen-bond acceptors (Lipinski definition) is 4. The average Bonchev–Trinajstić information content (AvgIpc) is 3.01. The van der Waals surface area contributed by atoms with E-state index in [1.165, 1.54) is 6.07 Å². The fourth-order valence-corrected chi connectivity index (χ4v) is 2.50. The summed E-state index contributed by atoms with van der Waals surface area (Å²) in [5.74, 6) is -0.375. The largest absolute Gasteiger partial charge is 0.477 e. The molecule has 1 unspecified atom stereocenters. The van der Waals surface area contributed by atoms with Gasteiger partial charge in [0.05, 0.1) is 6.10 Å². The number of rotatable bonds is 2. The van der Waals surface area contributed by atoms with Gasteiger partial charge in [-0.1, -0.05) is 6.07 Å². The van der Waals surface area contributed by atoms with Gasteiger partial charge in [-0.25, -0.2) is 9.78 Å². The summed E-state index contributed by atoms with van der Waals surface area (Å²) < 4.78 is 0. The van der Waals surface area contributed by atoms with E-state index in [0.717, 1.165) is 19.4 Å². The molecule has 2 N–H and O–H groups in total. The van der Waals surface area contributed by atoms with Gasteiger partial charge in [-0.3, -0.25) is 0 Å². The minimum Gasteiger partial charge on any atom is -0.477 e. The Kier molecular flexibility index (Phi) is 2.13. The molecule has 17 heavy (non-hydrogen) atoms. The van der Waals surface area contributed by atoms with E-state index in [0.29, 0.717) is 12.4 Å². The van der Waals surface area contributed by atoms with Crippen molar-refractivity contribution in [2.24, 2.45) is 5.41 Å². The summed E-state index contributed by atoms with van der Waals surface area (Å²) in [6, 6.07) is 4.96. The number of β-amino-alcohol motifs (C(OH)–C–C–N with tert-alkyl or cyclic N) is 1. The van der Waals surface area contributed by atoms with Gasteiger partial charge in [0.15, 0.2) is 5.69 Å². The van der Waals surface area contributed by atoms with E-state index in [1.54, 1.807) is 12.1 Å². The zero-order chi connectivity index (χ0) is 12.0. The van der Waals surface area contributed by atoms with Gasteiger partial charge in [0.25, 0.3) is 0 Å². The highest BCUT2D eigenvalue weighted by Crippen LogP contribution is 2.53. The molecule has 1 aromatic rings. The van der Waals surface area contributed by atoms with Gasteiger partial charge in [-0.05, 0) is 25.0 Å². The zero-order valence-corrected chi connectivity index (χ0v) is 9.33. The normalized spacial score (nSPS) is 25.2. The van der Waals surface area contributed by atoms with Crippen LogP contribution in [0.25, 0.3) is 0 Å². The maximum absolute atomic E-state index is 10.8. The van der Waals surface area contributed by atoms with Crippen LogP contribution in [-0.4, -0.2) is 40.4 Å². The van der Waals surface area contributed by atoms with Crippen LogP contribution in [0.2, 0.25) is 0 Å². The quantitative estimate of drug-likeness (QED) is 0.789. The molecule has 2 fully saturated rings. The molecule has 0 bridgehead atoms. The molecule has 1 saturated carbocycles. The molecule has 2 heterocycles. The fraction of sp³-hybridized carbons (Fsp3) is 0.500. The Morgan fingerprint density at radius 2 is 2.24 bits per heavy atom. The number of aromatic nitrogens is 1. The van der Waals surface area contributed by atoms with Crippen molar-refractivity contribution in [2.45, 2.75) is 18.9 Å². The van der Waals surface area contributed by atoms with Gasteiger partial charge >= 0.3 is 5.97 Å². The predicted octanol–water partition coefficient (Wildman–Crippen LogP) is 0.741. The van der Waals surface area contributed by atoms with Gasteiger partial charge in [0.2, 0.25) is 0 Å². The van der Waals surface area contributed by atoms with Gasteiger partial charge in [0.1, 0.15) is 5.82 Å². The second-order valence-corrected chi connectivity index (χ2v) is 4.94. The van der Waals surface area contributed by atoms with Crippen LogP contribution in [0.1, 0.15) is 23.3 Å². The number of pyridine rings is 1. The van der Waals surface area contributed by atoms with Crippen molar-refractivity contribution in [1.82, 2.24) is 4.98 Å². The van der Waals surface area contributed by atoms with E-state index in [1.807, 2.05) is 4.90 Å². The van der Waals surface area contributed by atoms with Crippen molar-refractivity contribution in [1.29, 1.82) is 0 Å². The summed E-state index contributed by atoms with van der Waals surface area (Å²) in [7, 11) is 0. The molecule has 1 saturated heterocycles. The van der Waals surface area contributed by atoms with Gasteiger partial charge in [0, 0.05) is 18.5 Å². The maximum Gasteiger partial charge on any atom is 0.354 e. The minimum atomic E-state index is -1.02. The number of anilines is 1. The molecule has 5 nitrogen and oxygen atoms in total. The molecule has 1 aliphatic heterocycles. The Morgan fingerprint density at radius 1 is 1.47 bits per heavy atom. The van der Waals surface area contributed by atoms with E-state index in [4.69, 9.17) is 5.11 Å². The Balaban J connectivity index is 1.85. The molecular weight excluding hydrogens is 220 g/mol. The second-order valence-electron chi connectivity index (χ2n) is 4.94. The van der Waals surface area contributed by atoms with E-state index in [-0.39, 0.29) is 17.2 Å².